The molecule has 4 aliphatic rings. The highest BCUT2D eigenvalue weighted by Crippen LogP contribution is 2.60. The van der Waals surface area contributed by atoms with Gasteiger partial charge in [0.2, 0.25) is 0 Å². The Hall–Kier alpha value is -1.12. The third-order valence-electron chi connectivity index (χ3n) is 5.45. The molecule has 0 N–H and O–H groups in total. The molecule has 3 heteroatoms. The lowest BCUT2D eigenvalue weighted by molar-refractivity contribution is -0.154. The summed E-state index contributed by atoms with van der Waals surface area (Å²) in [6.07, 6.45) is 8.48. The van der Waals surface area contributed by atoms with Crippen molar-refractivity contribution in [3.8, 4) is 0 Å². The van der Waals surface area contributed by atoms with Crippen LogP contribution in [0.25, 0.3) is 0 Å². The molecule has 2 bridgehead atoms. The van der Waals surface area contributed by atoms with Crippen molar-refractivity contribution in [3.63, 3.8) is 0 Å². The summed E-state index contributed by atoms with van der Waals surface area (Å²) in [4.78, 5) is 23.6. The lowest BCUT2D eigenvalue weighted by atomic mass is 9.81. The van der Waals surface area contributed by atoms with Crippen LogP contribution in [-0.4, -0.2) is 11.9 Å². The fourth-order valence-corrected chi connectivity index (χ4v) is 4.84. The van der Waals surface area contributed by atoms with Gasteiger partial charge in [-0.25, -0.2) is 0 Å². The normalized spacial score (nSPS) is 42.4. The molecular weight excluding hydrogens is 228 g/mol. The molecule has 1 saturated heterocycles. The zero-order valence-electron chi connectivity index (χ0n) is 10.5. The highest BCUT2D eigenvalue weighted by Gasteiger charge is 2.62. The molecule has 18 heavy (non-hydrogen) atoms. The van der Waals surface area contributed by atoms with Crippen LogP contribution in [0.5, 0.6) is 0 Å². The van der Waals surface area contributed by atoms with E-state index in [0.29, 0.717) is 11.8 Å². The van der Waals surface area contributed by atoms with E-state index >= 15 is 0 Å². The number of carbonyl (C=O) groups excluding carboxylic acids is 2. The molecule has 0 spiro atoms. The average molecular weight is 246 g/mol. The van der Waals surface area contributed by atoms with Crippen molar-refractivity contribution in [2.45, 2.75) is 44.9 Å². The van der Waals surface area contributed by atoms with Crippen molar-refractivity contribution < 1.29 is 14.3 Å². The molecule has 96 valence electrons. The first kappa shape index (κ1) is 10.8. The van der Waals surface area contributed by atoms with Crippen LogP contribution < -0.4 is 0 Å². The second-order valence-electron chi connectivity index (χ2n) is 6.20. The van der Waals surface area contributed by atoms with E-state index in [4.69, 9.17) is 4.74 Å². The van der Waals surface area contributed by atoms with Crippen molar-refractivity contribution in [2.24, 2.45) is 23.7 Å². The molecule has 4 atom stereocenters. The van der Waals surface area contributed by atoms with Gasteiger partial charge in [-0.3, -0.25) is 9.59 Å². The van der Waals surface area contributed by atoms with Gasteiger partial charge >= 0.3 is 11.9 Å². The number of cyclic esters (lactones) is 2. The van der Waals surface area contributed by atoms with Gasteiger partial charge in [0.1, 0.15) is 0 Å². The molecule has 3 saturated carbocycles. The molecule has 3 aliphatic carbocycles. The Balaban J connectivity index is 1.76. The minimum Gasteiger partial charge on any atom is -0.393 e. The summed E-state index contributed by atoms with van der Waals surface area (Å²) >= 11 is 0. The zero-order chi connectivity index (χ0) is 12.3. The summed E-state index contributed by atoms with van der Waals surface area (Å²) < 4.78 is 4.84. The molecule has 0 unspecified atom stereocenters. The maximum Gasteiger partial charge on any atom is 0.318 e. The number of rotatable bonds is 0. The quantitative estimate of drug-likeness (QED) is 0.375. The smallest absolute Gasteiger partial charge is 0.318 e. The van der Waals surface area contributed by atoms with Gasteiger partial charge in [0.15, 0.2) is 0 Å². The van der Waals surface area contributed by atoms with Gasteiger partial charge in [-0.05, 0) is 50.4 Å². The molecule has 0 amide bonds. The predicted octanol–water partition coefficient (Wildman–Crippen LogP) is 2.60. The maximum absolute atomic E-state index is 11.8. The maximum atomic E-state index is 11.8. The summed E-state index contributed by atoms with van der Waals surface area (Å²) in [5.41, 5.74) is 3.10. The molecule has 0 radical (unpaired) electrons. The van der Waals surface area contributed by atoms with Crippen molar-refractivity contribution in [1.82, 2.24) is 0 Å². The first-order chi connectivity index (χ1) is 8.77. The largest absolute Gasteiger partial charge is 0.393 e. The summed E-state index contributed by atoms with van der Waals surface area (Å²) in [5.74, 6) is -0.0577. The number of ether oxygens (including phenoxy) is 1. The van der Waals surface area contributed by atoms with Crippen LogP contribution in [0.2, 0.25) is 0 Å². The Morgan fingerprint density at radius 2 is 1.39 bits per heavy atom. The second kappa shape index (κ2) is 3.69. The number of hydrogen-bond acceptors (Lipinski definition) is 3. The summed E-state index contributed by atoms with van der Waals surface area (Å²) in [7, 11) is 0. The standard InChI is InChI=1S/C15H18O3/c16-14-12-9-6-7-10(13(12)15(17)18-14)11(9)8-4-2-1-3-5-8/h9-10,12-13H,1-7H2/t9-,10+,12-,13-/m1/s1. The molecule has 3 nitrogen and oxygen atoms in total. The van der Waals surface area contributed by atoms with Gasteiger partial charge < -0.3 is 4.74 Å². The van der Waals surface area contributed by atoms with Crippen LogP contribution in [0.1, 0.15) is 44.9 Å². The van der Waals surface area contributed by atoms with E-state index in [1.54, 1.807) is 5.57 Å². The van der Waals surface area contributed by atoms with Crippen LogP contribution in [-0.2, 0) is 14.3 Å². The van der Waals surface area contributed by atoms with E-state index in [2.05, 4.69) is 0 Å². The van der Waals surface area contributed by atoms with Crippen LogP contribution in [0.3, 0.4) is 0 Å². The van der Waals surface area contributed by atoms with Crippen LogP contribution in [0, 0.1) is 23.7 Å². The Morgan fingerprint density at radius 3 is 1.94 bits per heavy atom. The Bertz CT molecular complexity index is 424. The molecule has 0 aromatic carbocycles. The number of fused-ring (bicyclic) bond motifs is 5. The number of allylic oxidation sites excluding steroid dienone is 2. The molecule has 1 heterocycles. The lowest BCUT2D eigenvalue weighted by Gasteiger charge is -2.20. The van der Waals surface area contributed by atoms with Gasteiger partial charge in [0.05, 0.1) is 11.8 Å². The van der Waals surface area contributed by atoms with E-state index in [-0.39, 0.29) is 23.8 Å². The fraction of sp³-hybridized carbons (Fsp3) is 0.733. The monoisotopic (exact) mass is 246 g/mol. The van der Waals surface area contributed by atoms with Crippen molar-refractivity contribution in [2.75, 3.05) is 0 Å². The number of esters is 2. The second-order valence-corrected chi connectivity index (χ2v) is 6.20. The SMILES string of the molecule is O=C1OC(=O)[C@H]2[C@H]1[C@@H]1CC[C@H]2C1=C1CCCCC1. The minimum absolute atomic E-state index is 0.124. The number of hydrogen-bond donors (Lipinski definition) is 0. The molecular formula is C15H18O3. The fourth-order valence-electron chi connectivity index (χ4n) is 4.84. The van der Waals surface area contributed by atoms with E-state index < -0.39 is 0 Å². The zero-order valence-corrected chi connectivity index (χ0v) is 10.5. The Labute approximate surface area is 107 Å². The highest BCUT2D eigenvalue weighted by molar-refractivity contribution is 5.98. The van der Waals surface area contributed by atoms with E-state index in [0.717, 1.165) is 12.8 Å². The summed E-state index contributed by atoms with van der Waals surface area (Å²) in [5, 5.41) is 0. The van der Waals surface area contributed by atoms with Gasteiger partial charge in [0, 0.05) is 0 Å². The molecule has 1 aliphatic heterocycles. The van der Waals surface area contributed by atoms with E-state index in [1.165, 1.54) is 37.7 Å². The molecule has 4 fully saturated rings. The molecule has 0 aromatic rings. The van der Waals surface area contributed by atoms with Gasteiger partial charge in [-0.2, -0.15) is 0 Å². The number of carbonyl (C=O) groups is 2. The first-order valence-electron chi connectivity index (χ1n) is 7.24. The van der Waals surface area contributed by atoms with Gasteiger partial charge in [-0.15, -0.1) is 0 Å². The molecule has 4 rings (SSSR count). The van der Waals surface area contributed by atoms with Crippen molar-refractivity contribution >= 4 is 11.9 Å². The van der Waals surface area contributed by atoms with Crippen molar-refractivity contribution in [3.05, 3.63) is 11.1 Å². The highest BCUT2D eigenvalue weighted by atomic mass is 16.6. The predicted molar refractivity (Wildman–Crippen MR) is 64.4 cm³/mol. The Morgan fingerprint density at radius 1 is 0.833 bits per heavy atom. The lowest BCUT2D eigenvalue weighted by Crippen LogP contribution is -2.24. The van der Waals surface area contributed by atoms with E-state index in [1.807, 2.05) is 0 Å². The first-order valence-corrected chi connectivity index (χ1v) is 7.24. The summed E-state index contributed by atoms with van der Waals surface area (Å²) in [6, 6.07) is 0. The third-order valence-corrected chi connectivity index (χ3v) is 5.45. The van der Waals surface area contributed by atoms with Crippen molar-refractivity contribution in [1.29, 1.82) is 0 Å². The van der Waals surface area contributed by atoms with E-state index in [9.17, 15) is 9.59 Å². The van der Waals surface area contributed by atoms with Gasteiger partial charge in [0.25, 0.3) is 0 Å². The third kappa shape index (κ3) is 1.25. The van der Waals surface area contributed by atoms with Crippen LogP contribution in [0.4, 0.5) is 0 Å². The Kier molecular flexibility index (Phi) is 2.21. The molecule has 0 aromatic heterocycles. The minimum atomic E-state index is -0.244. The topological polar surface area (TPSA) is 43.4 Å². The summed E-state index contributed by atoms with van der Waals surface area (Å²) in [6.45, 7) is 0. The van der Waals surface area contributed by atoms with Crippen LogP contribution in [0.15, 0.2) is 11.1 Å². The van der Waals surface area contributed by atoms with Gasteiger partial charge in [-0.1, -0.05) is 17.6 Å². The van der Waals surface area contributed by atoms with Crippen LogP contribution >= 0.6 is 0 Å². The average Bonchev–Trinajstić information content (AvgIpc) is 3.02.